The number of ether oxygens (including phenoxy) is 1. The number of halogens is 1. The number of Topliss-reactive ketones (excluding diaryl/α,β-unsaturated/α-hetero) is 1. The second kappa shape index (κ2) is 18.0. The van der Waals surface area contributed by atoms with Crippen LogP contribution >= 0.6 is 34.4 Å². The number of nitrogens with one attached hydrogen (secondary N) is 2. The first-order chi connectivity index (χ1) is 28.2. The lowest BCUT2D eigenvalue weighted by Crippen LogP contribution is -2.39. The minimum atomic E-state index is -4.19. The van der Waals surface area contributed by atoms with Crippen molar-refractivity contribution in [2.45, 2.75) is 35.2 Å². The van der Waals surface area contributed by atoms with E-state index in [4.69, 9.17) is 4.74 Å². The molecule has 1 fully saturated rings. The molecule has 2 N–H and O–H groups in total. The zero-order valence-corrected chi connectivity index (χ0v) is 34.6. The number of nitrogens with zero attached hydrogens (tertiary/aromatic N) is 5. The predicted molar refractivity (Wildman–Crippen MR) is 228 cm³/mol. The van der Waals surface area contributed by atoms with Gasteiger partial charge in [0.2, 0.25) is 0 Å². The number of carbonyl (C=O) groups excluding carboxylic acids is 2. The fourth-order valence-electron chi connectivity index (χ4n) is 6.91. The number of rotatable bonds is 15. The summed E-state index contributed by atoms with van der Waals surface area (Å²) in [5.41, 5.74) is 3.32. The van der Waals surface area contributed by atoms with Crippen molar-refractivity contribution in [1.29, 1.82) is 0 Å². The highest BCUT2D eigenvalue weighted by atomic mass is 32.2. The molecule has 0 aliphatic carbocycles. The molecule has 12 nitrogen and oxygen atoms in total. The van der Waals surface area contributed by atoms with Gasteiger partial charge >= 0.3 is 0 Å². The number of ketones is 1. The highest BCUT2D eigenvalue weighted by Gasteiger charge is 2.28. The van der Waals surface area contributed by atoms with Crippen LogP contribution in [0.1, 0.15) is 38.4 Å². The Morgan fingerprint density at radius 1 is 0.983 bits per heavy atom. The normalized spacial score (nSPS) is 15.2. The number of amides is 1. The largest absolute Gasteiger partial charge is 0.379 e. The summed E-state index contributed by atoms with van der Waals surface area (Å²) in [7, 11) is -4.19. The van der Waals surface area contributed by atoms with Gasteiger partial charge in [-0.25, -0.2) is 27.8 Å². The van der Waals surface area contributed by atoms with Crippen LogP contribution in [0, 0.1) is 5.82 Å². The summed E-state index contributed by atoms with van der Waals surface area (Å²) >= 11 is 4.20. The first-order valence-corrected chi connectivity index (χ1v) is 23.2. The molecule has 0 unspecified atom stereocenters. The number of thiazole rings is 2. The number of benzene rings is 3. The van der Waals surface area contributed by atoms with Crippen molar-refractivity contribution in [3.8, 4) is 0 Å². The summed E-state index contributed by atoms with van der Waals surface area (Å²) in [4.78, 5) is 46.0. The minimum Gasteiger partial charge on any atom is -0.379 e. The molecule has 0 saturated carbocycles. The van der Waals surface area contributed by atoms with Gasteiger partial charge in [0.1, 0.15) is 27.6 Å². The fraction of sp³-hybridized carbons (Fsp3) is 0.293. The second-order valence-electron chi connectivity index (χ2n) is 14.0. The maximum atomic E-state index is 15.6. The molecule has 3 aromatic heterocycles. The van der Waals surface area contributed by atoms with Crippen LogP contribution in [0.2, 0.25) is 0 Å². The van der Waals surface area contributed by atoms with E-state index in [0.29, 0.717) is 59.8 Å². The lowest BCUT2D eigenvalue weighted by Gasteiger charge is -2.29. The van der Waals surface area contributed by atoms with Crippen LogP contribution < -0.4 is 15.5 Å². The van der Waals surface area contributed by atoms with Gasteiger partial charge in [-0.2, -0.15) is 0 Å². The third-order valence-corrected chi connectivity index (χ3v) is 14.6. The lowest BCUT2D eigenvalue weighted by atomic mass is 9.94. The second-order valence-corrected chi connectivity index (χ2v) is 18.9. The molecule has 2 aliphatic heterocycles. The number of fused-ring (bicyclic) bond motifs is 2. The third kappa shape index (κ3) is 9.56. The molecule has 6 aromatic rings. The number of sulfone groups is 1. The van der Waals surface area contributed by atoms with Crippen LogP contribution in [0.25, 0.3) is 10.3 Å². The highest BCUT2D eigenvalue weighted by Crippen LogP contribution is 2.31. The average Bonchev–Trinajstić information content (AvgIpc) is 3.90. The molecule has 0 bridgehead atoms. The molecule has 300 valence electrons. The number of thioether (sulfide) groups is 1. The van der Waals surface area contributed by atoms with Crippen molar-refractivity contribution in [3.63, 3.8) is 0 Å². The number of anilines is 3. The molecule has 1 atom stereocenters. The van der Waals surface area contributed by atoms with Crippen molar-refractivity contribution in [2.24, 2.45) is 0 Å². The van der Waals surface area contributed by atoms with Crippen LogP contribution in [-0.4, -0.2) is 96.9 Å². The van der Waals surface area contributed by atoms with E-state index in [1.165, 1.54) is 34.8 Å². The molecule has 8 rings (SSSR count). The molecular weight excluding hydrogens is 818 g/mol. The molecule has 3 aromatic carbocycles. The third-order valence-electron chi connectivity index (χ3n) is 10.0. The summed E-state index contributed by atoms with van der Waals surface area (Å²) in [5.74, 6) is -1.85. The van der Waals surface area contributed by atoms with Gasteiger partial charge in [0.15, 0.2) is 25.9 Å². The number of hydrogen-bond acceptors (Lipinski definition) is 14. The van der Waals surface area contributed by atoms with Gasteiger partial charge in [-0.05, 0) is 72.5 Å². The van der Waals surface area contributed by atoms with E-state index in [-0.39, 0.29) is 28.2 Å². The Labute approximate surface area is 347 Å². The number of aromatic nitrogens is 3. The van der Waals surface area contributed by atoms with E-state index in [0.717, 1.165) is 53.0 Å². The van der Waals surface area contributed by atoms with Gasteiger partial charge in [-0.1, -0.05) is 41.7 Å². The highest BCUT2D eigenvalue weighted by molar-refractivity contribution is 7.99. The summed E-state index contributed by atoms with van der Waals surface area (Å²) in [6.45, 7) is 4.86. The van der Waals surface area contributed by atoms with E-state index in [1.54, 1.807) is 35.5 Å². The fourth-order valence-corrected chi connectivity index (χ4v) is 10.8. The smallest absolute Gasteiger partial charge is 0.257 e. The monoisotopic (exact) mass is 857 g/mol. The molecule has 5 heterocycles. The standard InChI is InChI=1S/C41H40FN7O5S4/c42-33-22-30(11-12-34(33)44-28(14-16-48-18-20-54-21-19-48)24-55-29-7-2-1-3-8-29)58(52,53)26-37(50)36-25-56-41(46-36)49-17-13-27-6-4-9-31(32(27)23-49)38(51)47-40-45-35-10-5-15-43-39(35)57-40/h1-12,15,22,25,28,44H,13-14,16-21,23-24,26H2,(H,45,47,51)/t28-/m1/s1. The Kier molecular flexibility index (Phi) is 12.4. The Morgan fingerprint density at radius 3 is 2.64 bits per heavy atom. The van der Waals surface area contributed by atoms with Crippen molar-refractivity contribution < 1.29 is 27.1 Å². The van der Waals surface area contributed by atoms with E-state index in [9.17, 15) is 18.0 Å². The van der Waals surface area contributed by atoms with Crippen molar-refractivity contribution in [3.05, 3.63) is 119 Å². The molecule has 0 radical (unpaired) electrons. The zero-order chi connectivity index (χ0) is 40.1. The van der Waals surface area contributed by atoms with E-state index < -0.39 is 27.2 Å². The van der Waals surface area contributed by atoms with Crippen LogP contribution in [0.4, 0.5) is 20.3 Å². The van der Waals surface area contributed by atoms with Crippen molar-refractivity contribution in [2.75, 3.05) is 66.4 Å². The van der Waals surface area contributed by atoms with Gasteiger partial charge in [0, 0.05) is 66.6 Å². The minimum absolute atomic E-state index is 0.0163. The molecule has 2 aliphatic rings. The van der Waals surface area contributed by atoms with Gasteiger partial charge in [-0.3, -0.25) is 19.8 Å². The molecule has 0 spiro atoms. The van der Waals surface area contributed by atoms with E-state index in [2.05, 4.69) is 30.5 Å². The zero-order valence-electron chi connectivity index (χ0n) is 31.3. The van der Waals surface area contributed by atoms with Gasteiger partial charge in [0.05, 0.1) is 23.8 Å². The van der Waals surface area contributed by atoms with Crippen LogP contribution in [-0.2, 0) is 27.5 Å². The molecular formula is C41H40FN7O5S4. The Bertz CT molecular complexity index is 2500. The van der Waals surface area contributed by atoms with Gasteiger partial charge < -0.3 is 15.0 Å². The number of hydrogen-bond donors (Lipinski definition) is 2. The van der Waals surface area contributed by atoms with Crippen molar-refractivity contribution in [1.82, 2.24) is 19.9 Å². The van der Waals surface area contributed by atoms with Gasteiger partial charge in [-0.15, -0.1) is 23.1 Å². The number of carbonyl (C=O) groups is 2. The Balaban J connectivity index is 0.906. The Morgan fingerprint density at radius 2 is 1.83 bits per heavy atom. The summed E-state index contributed by atoms with van der Waals surface area (Å²) < 4.78 is 48.0. The summed E-state index contributed by atoms with van der Waals surface area (Å²) in [5, 5.41) is 8.75. The maximum absolute atomic E-state index is 15.6. The van der Waals surface area contributed by atoms with Crippen LogP contribution in [0.3, 0.4) is 0 Å². The number of pyridine rings is 1. The molecule has 1 saturated heterocycles. The van der Waals surface area contributed by atoms with Gasteiger partial charge in [0.25, 0.3) is 5.91 Å². The van der Waals surface area contributed by atoms with Crippen LogP contribution in [0.15, 0.2) is 100 Å². The first-order valence-electron chi connectivity index (χ1n) is 18.8. The average molecular weight is 858 g/mol. The number of morpholine rings is 1. The van der Waals surface area contributed by atoms with E-state index in [1.807, 2.05) is 53.4 Å². The van der Waals surface area contributed by atoms with Crippen LogP contribution in [0.5, 0.6) is 0 Å². The molecule has 1 amide bonds. The van der Waals surface area contributed by atoms with E-state index >= 15 is 4.39 Å². The maximum Gasteiger partial charge on any atom is 0.257 e. The SMILES string of the molecule is O=C(CS(=O)(=O)c1ccc(N[C@H](CCN2CCOCC2)CSc2ccccc2)c(F)c1)c1csc(N2CCc3cccc(C(=O)Nc4nc5cccnc5s4)c3C2)n1. The summed E-state index contributed by atoms with van der Waals surface area (Å²) in [6.07, 6.45) is 3.09. The quantitative estimate of drug-likeness (QED) is 0.0806. The lowest BCUT2D eigenvalue weighted by molar-refractivity contribution is 0.0370. The van der Waals surface area contributed by atoms with Crippen molar-refractivity contribution >= 4 is 82.3 Å². The predicted octanol–water partition coefficient (Wildman–Crippen LogP) is 7.05. The first kappa shape index (κ1) is 40.0. The molecule has 58 heavy (non-hydrogen) atoms. The Hall–Kier alpha value is -4.78. The molecule has 17 heteroatoms. The summed E-state index contributed by atoms with van der Waals surface area (Å²) in [6, 6.07) is 22.9. The topological polar surface area (TPSA) is 147 Å².